The fourth-order valence-electron chi connectivity index (χ4n) is 1.90. The van der Waals surface area contributed by atoms with Gasteiger partial charge in [-0.15, -0.1) is 10.2 Å². The maximum atomic E-state index is 12.9. The van der Waals surface area contributed by atoms with Crippen LogP contribution >= 0.6 is 0 Å². The molecule has 128 valence electrons. The minimum Gasteiger partial charge on any atom is -0.348 e. The van der Waals surface area contributed by atoms with Crippen molar-refractivity contribution in [3.63, 3.8) is 0 Å². The van der Waals surface area contributed by atoms with Gasteiger partial charge in [-0.1, -0.05) is 19.1 Å². The first kappa shape index (κ1) is 17.7. The van der Waals surface area contributed by atoms with Crippen molar-refractivity contribution in [2.45, 2.75) is 32.5 Å². The van der Waals surface area contributed by atoms with Gasteiger partial charge in [0.1, 0.15) is 0 Å². The van der Waals surface area contributed by atoms with Gasteiger partial charge in [0.15, 0.2) is 11.5 Å². The number of carbonyl (C=O) groups excluding carboxylic acids is 1. The first-order valence-electron chi connectivity index (χ1n) is 7.39. The molecule has 1 unspecified atom stereocenters. The van der Waals surface area contributed by atoms with Gasteiger partial charge in [-0.3, -0.25) is 4.79 Å². The van der Waals surface area contributed by atoms with E-state index in [1.807, 2.05) is 13.8 Å². The molecule has 0 aliphatic heterocycles. The van der Waals surface area contributed by atoms with Gasteiger partial charge in [-0.25, -0.2) is 0 Å². The number of amides is 1. The van der Waals surface area contributed by atoms with Crippen LogP contribution in [0.3, 0.4) is 0 Å². The average molecular weight is 338 g/mol. The van der Waals surface area contributed by atoms with Crippen molar-refractivity contribution in [3.8, 4) is 0 Å². The van der Waals surface area contributed by atoms with Crippen molar-refractivity contribution in [1.29, 1.82) is 0 Å². The maximum absolute atomic E-state index is 12.9. The van der Waals surface area contributed by atoms with Gasteiger partial charge in [0.05, 0.1) is 11.3 Å². The average Bonchev–Trinajstić information content (AvgIpc) is 2.55. The van der Waals surface area contributed by atoms with Crippen molar-refractivity contribution in [2.75, 3.05) is 5.32 Å². The van der Waals surface area contributed by atoms with Crippen LogP contribution in [-0.2, 0) is 6.18 Å². The van der Waals surface area contributed by atoms with E-state index >= 15 is 0 Å². The van der Waals surface area contributed by atoms with Crippen molar-refractivity contribution >= 4 is 17.4 Å². The Bertz CT molecular complexity index is 701. The van der Waals surface area contributed by atoms with Crippen LogP contribution in [0.2, 0.25) is 0 Å². The van der Waals surface area contributed by atoms with E-state index in [0.29, 0.717) is 0 Å². The normalized spacial score (nSPS) is 12.5. The molecule has 0 saturated carbocycles. The molecule has 1 aromatic heterocycles. The standard InChI is InChI=1S/C16H17F3N4O/c1-3-10(2)20-15(24)13-8-9-14(23-22-13)21-12-7-5-4-6-11(12)16(17,18)19/h4-10H,3H2,1-2H3,(H,20,24)(H,21,23). The number of hydrogen-bond donors (Lipinski definition) is 2. The Morgan fingerprint density at radius 1 is 1.17 bits per heavy atom. The second-order valence-corrected chi connectivity index (χ2v) is 5.25. The van der Waals surface area contributed by atoms with Gasteiger partial charge in [0.2, 0.25) is 0 Å². The number of carbonyl (C=O) groups is 1. The number of para-hydroxylation sites is 1. The Kier molecular flexibility index (Phi) is 5.38. The molecule has 0 aliphatic rings. The van der Waals surface area contributed by atoms with Crippen molar-refractivity contribution in [1.82, 2.24) is 15.5 Å². The lowest BCUT2D eigenvalue weighted by Crippen LogP contribution is -2.32. The number of anilines is 2. The molecular formula is C16H17F3N4O. The molecule has 1 amide bonds. The predicted octanol–water partition coefficient (Wildman–Crippen LogP) is 3.77. The quantitative estimate of drug-likeness (QED) is 0.871. The van der Waals surface area contributed by atoms with Gasteiger partial charge in [0, 0.05) is 6.04 Å². The highest BCUT2D eigenvalue weighted by atomic mass is 19.4. The molecule has 0 fully saturated rings. The molecule has 0 aliphatic carbocycles. The number of rotatable bonds is 5. The van der Waals surface area contributed by atoms with Gasteiger partial charge >= 0.3 is 6.18 Å². The van der Waals surface area contributed by atoms with Crippen molar-refractivity contribution in [2.24, 2.45) is 0 Å². The molecule has 0 bridgehead atoms. The third-order valence-electron chi connectivity index (χ3n) is 3.38. The van der Waals surface area contributed by atoms with Crippen LogP contribution in [0.25, 0.3) is 0 Å². The molecule has 8 heteroatoms. The zero-order chi connectivity index (χ0) is 17.7. The molecule has 2 rings (SSSR count). The number of benzene rings is 1. The summed E-state index contributed by atoms with van der Waals surface area (Å²) >= 11 is 0. The summed E-state index contributed by atoms with van der Waals surface area (Å²) in [5, 5.41) is 12.8. The third kappa shape index (κ3) is 4.43. The van der Waals surface area contributed by atoms with Crippen molar-refractivity contribution in [3.05, 3.63) is 47.7 Å². The zero-order valence-electron chi connectivity index (χ0n) is 13.2. The van der Waals surface area contributed by atoms with E-state index in [-0.39, 0.29) is 29.1 Å². The van der Waals surface area contributed by atoms with E-state index in [1.165, 1.54) is 30.3 Å². The van der Waals surface area contributed by atoms with E-state index in [1.54, 1.807) is 0 Å². The summed E-state index contributed by atoms with van der Waals surface area (Å²) in [6.07, 6.45) is -3.71. The van der Waals surface area contributed by atoms with Crippen LogP contribution in [-0.4, -0.2) is 22.1 Å². The van der Waals surface area contributed by atoms with Crippen LogP contribution < -0.4 is 10.6 Å². The summed E-state index contributed by atoms with van der Waals surface area (Å²) < 4.78 is 38.8. The monoisotopic (exact) mass is 338 g/mol. The Morgan fingerprint density at radius 2 is 1.88 bits per heavy atom. The summed E-state index contributed by atoms with van der Waals surface area (Å²) in [5.41, 5.74) is -0.827. The van der Waals surface area contributed by atoms with E-state index in [2.05, 4.69) is 20.8 Å². The molecule has 1 heterocycles. The lowest BCUT2D eigenvalue weighted by atomic mass is 10.1. The minimum atomic E-state index is -4.48. The number of alkyl halides is 3. The van der Waals surface area contributed by atoms with E-state index in [4.69, 9.17) is 0 Å². The Balaban J connectivity index is 2.14. The molecule has 1 aromatic carbocycles. The molecule has 2 N–H and O–H groups in total. The summed E-state index contributed by atoms with van der Waals surface area (Å²) in [4.78, 5) is 11.9. The van der Waals surface area contributed by atoms with Gasteiger partial charge in [-0.2, -0.15) is 13.2 Å². The highest BCUT2D eigenvalue weighted by Gasteiger charge is 2.33. The topological polar surface area (TPSA) is 66.9 Å². The SMILES string of the molecule is CCC(C)NC(=O)c1ccc(Nc2ccccc2C(F)(F)F)nn1. The Hall–Kier alpha value is -2.64. The number of nitrogens with one attached hydrogen (secondary N) is 2. The summed E-state index contributed by atoms with van der Waals surface area (Å²) in [5.74, 6) is -0.258. The summed E-state index contributed by atoms with van der Waals surface area (Å²) in [7, 11) is 0. The predicted molar refractivity (Wildman–Crippen MR) is 84.0 cm³/mol. The van der Waals surface area contributed by atoms with E-state index < -0.39 is 11.7 Å². The number of nitrogens with zero attached hydrogens (tertiary/aromatic N) is 2. The molecule has 0 saturated heterocycles. The zero-order valence-corrected chi connectivity index (χ0v) is 13.2. The number of aromatic nitrogens is 2. The molecule has 24 heavy (non-hydrogen) atoms. The van der Waals surface area contributed by atoms with Crippen LogP contribution in [0.4, 0.5) is 24.7 Å². The largest absolute Gasteiger partial charge is 0.418 e. The van der Waals surface area contributed by atoms with Crippen LogP contribution in [0.15, 0.2) is 36.4 Å². The van der Waals surface area contributed by atoms with Gasteiger partial charge < -0.3 is 10.6 Å². The molecule has 0 spiro atoms. The van der Waals surface area contributed by atoms with E-state index in [9.17, 15) is 18.0 Å². The molecular weight excluding hydrogens is 321 g/mol. The van der Waals surface area contributed by atoms with Crippen LogP contribution in [0.5, 0.6) is 0 Å². The molecule has 0 radical (unpaired) electrons. The smallest absolute Gasteiger partial charge is 0.348 e. The fourth-order valence-corrected chi connectivity index (χ4v) is 1.90. The first-order chi connectivity index (χ1) is 11.3. The highest BCUT2D eigenvalue weighted by Crippen LogP contribution is 2.35. The highest BCUT2D eigenvalue weighted by molar-refractivity contribution is 5.92. The third-order valence-corrected chi connectivity index (χ3v) is 3.38. The first-order valence-corrected chi connectivity index (χ1v) is 7.39. The summed E-state index contributed by atoms with van der Waals surface area (Å²) in [6.45, 7) is 3.79. The molecule has 5 nitrogen and oxygen atoms in total. The van der Waals surface area contributed by atoms with Crippen molar-refractivity contribution < 1.29 is 18.0 Å². The maximum Gasteiger partial charge on any atom is 0.418 e. The number of halogens is 3. The second kappa shape index (κ2) is 7.29. The van der Waals surface area contributed by atoms with E-state index in [0.717, 1.165) is 12.5 Å². The Labute approximate surface area is 137 Å². The molecule has 1 atom stereocenters. The Morgan fingerprint density at radius 3 is 2.46 bits per heavy atom. The lowest BCUT2D eigenvalue weighted by molar-refractivity contribution is -0.136. The lowest BCUT2D eigenvalue weighted by Gasteiger charge is -2.14. The van der Waals surface area contributed by atoms with Crippen LogP contribution in [0.1, 0.15) is 36.3 Å². The van der Waals surface area contributed by atoms with Crippen LogP contribution in [0, 0.1) is 0 Å². The fraction of sp³-hybridized carbons (Fsp3) is 0.312. The second-order valence-electron chi connectivity index (χ2n) is 5.25. The van der Waals surface area contributed by atoms with Gasteiger partial charge in [0.25, 0.3) is 5.91 Å². The van der Waals surface area contributed by atoms with Gasteiger partial charge in [-0.05, 0) is 37.6 Å². The summed E-state index contributed by atoms with van der Waals surface area (Å²) in [6, 6.07) is 7.88. The number of hydrogen-bond acceptors (Lipinski definition) is 4. The minimum absolute atomic E-state index is 0.00392. The molecule has 2 aromatic rings.